The largest absolute Gasteiger partial charge is 0.416 e. The minimum atomic E-state index is -4.99. The third kappa shape index (κ3) is 5.96. The Morgan fingerprint density at radius 3 is 1.81 bits per heavy atom. The third-order valence-corrected chi connectivity index (χ3v) is 5.51. The summed E-state index contributed by atoms with van der Waals surface area (Å²) in [7, 11) is 1.29. The van der Waals surface area contributed by atoms with Crippen molar-refractivity contribution in [3.8, 4) is 22.6 Å². The van der Waals surface area contributed by atoms with Crippen LogP contribution in [0.4, 0.5) is 26.3 Å². The first kappa shape index (κ1) is 25.9. The van der Waals surface area contributed by atoms with Crippen molar-refractivity contribution in [1.82, 2.24) is 14.9 Å². The molecular weight excluding hydrogens is 496 g/mol. The number of aromatic nitrogens is 2. The van der Waals surface area contributed by atoms with E-state index in [-0.39, 0.29) is 22.9 Å². The molecule has 0 aliphatic heterocycles. The fourth-order valence-electron chi connectivity index (χ4n) is 3.74. The molecule has 0 atom stereocenters. The number of amides is 1. The van der Waals surface area contributed by atoms with E-state index in [0.29, 0.717) is 29.1 Å². The van der Waals surface area contributed by atoms with Gasteiger partial charge in [-0.05, 0) is 23.8 Å². The molecule has 1 aromatic heterocycles. The molecule has 4 nitrogen and oxygen atoms in total. The van der Waals surface area contributed by atoms with Gasteiger partial charge in [-0.2, -0.15) is 26.3 Å². The molecule has 0 unspecified atom stereocenters. The number of benzene rings is 3. The maximum Gasteiger partial charge on any atom is 0.416 e. The molecular formula is C27H19F6N3O. The topological polar surface area (TPSA) is 46.1 Å². The first-order valence-electron chi connectivity index (χ1n) is 10.9. The molecule has 0 radical (unpaired) electrons. The fraction of sp³-hybridized carbons (Fsp3) is 0.148. The van der Waals surface area contributed by atoms with Crippen LogP contribution >= 0.6 is 0 Å². The lowest BCUT2D eigenvalue weighted by Gasteiger charge is -2.21. The molecule has 4 aromatic rings. The SMILES string of the molecule is CN(Cc1cc(C(F)(F)F)cc(C(F)(F)F)c1)C(=O)c1cnc(-c2ccccc2)nc1-c1ccccc1. The van der Waals surface area contributed by atoms with Crippen LogP contribution in [0.15, 0.2) is 85.1 Å². The molecule has 10 heteroatoms. The van der Waals surface area contributed by atoms with Crippen LogP contribution in [0.2, 0.25) is 0 Å². The van der Waals surface area contributed by atoms with Crippen LogP contribution in [0.1, 0.15) is 27.0 Å². The molecule has 0 N–H and O–H groups in total. The number of carbonyl (C=O) groups excluding carboxylic acids is 1. The molecule has 0 bridgehead atoms. The zero-order valence-corrected chi connectivity index (χ0v) is 19.3. The highest BCUT2D eigenvalue weighted by Gasteiger charge is 2.37. The Hall–Kier alpha value is -4.21. The number of hydrogen-bond donors (Lipinski definition) is 0. The standard InChI is InChI=1S/C27H19F6N3O/c1-36(16-17-12-20(26(28,29)30)14-21(13-17)27(31,32)33)25(37)22-15-34-24(19-10-6-3-7-11-19)35-23(22)18-8-4-2-5-9-18/h2-15H,16H2,1H3. The Balaban J connectivity index is 1.72. The maximum atomic E-state index is 13.4. The van der Waals surface area contributed by atoms with Crippen molar-refractivity contribution in [1.29, 1.82) is 0 Å². The molecule has 0 aliphatic rings. The molecule has 4 rings (SSSR count). The number of alkyl halides is 6. The number of nitrogens with zero attached hydrogens (tertiary/aromatic N) is 3. The average Bonchev–Trinajstić information content (AvgIpc) is 2.87. The van der Waals surface area contributed by atoms with Gasteiger partial charge < -0.3 is 4.90 Å². The Labute approximate surface area is 208 Å². The molecule has 0 saturated heterocycles. The summed E-state index contributed by atoms with van der Waals surface area (Å²) in [6.07, 6.45) is -8.66. The summed E-state index contributed by atoms with van der Waals surface area (Å²) in [5.74, 6) is -0.309. The molecule has 37 heavy (non-hydrogen) atoms. The minimum absolute atomic E-state index is 0.0506. The van der Waals surface area contributed by atoms with Gasteiger partial charge in [-0.25, -0.2) is 9.97 Å². The fourth-order valence-corrected chi connectivity index (χ4v) is 3.74. The minimum Gasteiger partial charge on any atom is -0.337 e. The van der Waals surface area contributed by atoms with Gasteiger partial charge >= 0.3 is 12.4 Å². The summed E-state index contributed by atoms with van der Waals surface area (Å²) in [6.45, 7) is -0.500. The molecule has 0 aliphatic carbocycles. The second-order valence-electron chi connectivity index (χ2n) is 8.26. The van der Waals surface area contributed by atoms with E-state index in [1.807, 2.05) is 6.07 Å². The molecule has 1 heterocycles. The lowest BCUT2D eigenvalue weighted by Crippen LogP contribution is -2.27. The van der Waals surface area contributed by atoms with E-state index in [0.717, 1.165) is 4.90 Å². The van der Waals surface area contributed by atoms with Crippen LogP contribution < -0.4 is 0 Å². The van der Waals surface area contributed by atoms with Crippen LogP contribution in [0.3, 0.4) is 0 Å². The average molecular weight is 515 g/mol. The van der Waals surface area contributed by atoms with Crippen molar-refractivity contribution in [2.45, 2.75) is 18.9 Å². The Morgan fingerprint density at radius 1 is 0.784 bits per heavy atom. The normalized spacial score (nSPS) is 11.9. The van der Waals surface area contributed by atoms with Gasteiger partial charge in [0.25, 0.3) is 5.91 Å². The number of rotatable bonds is 5. The van der Waals surface area contributed by atoms with Crippen molar-refractivity contribution in [3.63, 3.8) is 0 Å². The van der Waals surface area contributed by atoms with Crippen molar-refractivity contribution in [2.24, 2.45) is 0 Å². The highest BCUT2D eigenvalue weighted by molar-refractivity contribution is 5.99. The summed E-state index contributed by atoms with van der Waals surface area (Å²) in [4.78, 5) is 23.2. The molecule has 0 spiro atoms. The maximum absolute atomic E-state index is 13.4. The number of halogens is 6. The Kier molecular flexibility index (Phi) is 7.02. The van der Waals surface area contributed by atoms with Gasteiger partial charge in [-0.15, -0.1) is 0 Å². The summed E-state index contributed by atoms with van der Waals surface area (Å²) < 4.78 is 79.5. The van der Waals surface area contributed by atoms with E-state index in [4.69, 9.17) is 0 Å². The van der Waals surface area contributed by atoms with Gasteiger partial charge in [0.1, 0.15) is 0 Å². The van der Waals surface area contributed by atoms with Crippen molar-refractivity contribution in [2.75, 3.05) is 7.05 Å². The van der Waals surface area contributed by atoms with Crippen molar-refractivity contribution in [3.05, 3.63) is 107 Å². The second-order valence-corrected chi connectivity index (χ2v) is 8.26. The summed E-state index contributed by atoms with van der Waals surface area (Å²) in [5.41, 5.74) is -1.57. The second kappa shape index (κ2) is 10.0. The smallest absolute Gasteiger partial charge is 0.337 e. The van der Waals surface area contributed by atoms with Crippen LogP contribution in [0.5, 0.6) is 0 Å². The van der Waals surface area contributed by atoms with Crippen LogP contribution in [0.25, 0.3) is 22.6 Å². The lowest BCUT2D eigenvalue weighted by molar-refractivity contribution is -0.143. The highest BCUT2D eigenvalue weighted by Crippen LogP contribution is 2.36. The van der Waals surface area contributed by atoms with Crippen LogP contribution in [0, 0.1) is 0 Å². The zero-order valence-electron chi connectivity index (χ0n) is 19.3. The van der Waals surface area contributed by atoms with Crippen molar-refractivity contribution >= 4 is 5.91 Å². The monoisotopic (exact) mass is 515 g/mol. The number of hydrogen-bond acceptors (Lipinski definition) is 3. The molecule has 0 saturated carbocycles. The van der Waals surface area contributed by atoms with Gasteiger partial charge in [0.05, 0.1) is 22.4 Å². The quantitative estimate of drug-likeness (QED) is 0.266. The Bertz CT molecular complexity index is 1370. The van der Waals surface area contributed by atoms with E-state index >= 15 is 0 Å². The van der Waals surface area contributed by atoms with Gasteiger partial charge in [0.15, 0.2) is 5.82 Å². The molecule has 190 valence electrons. The third-order valence-electron chi connectivity index (χ3n) is 5.51. The first-order chi connectivity index (χ1) is 17.4. The van der Waals surface area contributed by atoms with Crippen LogP contribution in [-0.4, -0.2) is 27.8 Å². The molecule has 3 aromatic carbocycles. The predicted molar refractivity (Wildman–Crippen MR) is 125 cm³/mol. The predicted octanol–water partition coefficient (Wildman–Crippen LogP) is 7.12. The Morgan fingerprint density at radius 2 is 1.30 bits per heavy atom. The van der Waals surface area contributed by atoms with E-state index in [9.17, 15) is 31.1 Å². The first-order valence-corrected chi connectivity index (χ1v) is 10.9. The van der Waals surface area contributed by atoms with Crippen molar-refractivity contribution < 1.29 is 31.1 Å². The van der Waals surface area contributed by atoms with E-state index in [2.05, 4.69) is 9.97 Å². The van der Waals surface area contributed by atoms with E-state index in [1.165, 1.54) is 13.2 Å². The number of carbonyl (C=O) groups is 1. The van der Waals surface area contributed by atoms with Gasteiger partial charge in [-0.3, -0.25) is 4.79 Å². The summed E-state index contributed by atoms with van der Waals surface area (Å²) in [6, 6.07) is 19.0. The lowest BCUT2D eigenvalue weighted by atomic mass is 10.0. The highest BCUT2D eigenvalue weighted by atomic mass is 19.4. The van der Waals surface area contributed by atoms with E-state index in [1.54, 1.807) is 54.6 Å². The van der Waals surface area contributed by atoms with Gasteiger partial charge in [0.2, 0.25) is 0 Å². The van der Waals surface area contributed by atoms with Crippen LogP contribution in [-0.2, 0) is 18.9 Å². The molecule has 1 amide bonds. The summed E-state index contributed by atoms with van der Waals surface area (Å²) in [5, 5.41) is 0. The van der Waals surface area contributed by atoms with Gasteiger partial charge in [-0.1, -0.05) is 60.7 Å². The zero-order chi connectivity index (χ0) is 26.8. The van der Waals surface area contributed by atoms with E-state index < -0.39 is 35.9 Å². The molecule has 0 fully saturated rings. The van der Waals surface area contributed by atoms with Gasteiger partial charge in [0, 0.05) is 30.9 Å². The summed E-state index contributed by atoms with van der Waals surface area (Å²) >= 11 is 0.